The number of aromatic nitrogens is 2. The maximum absolute atomic E-state index is 3.79. The van der Waals surface area contributed by atoms with Crippen molar-refractivity contribution in [2.45, 2.75) is 31.7 Å². The van der Waals surface area contributed by atoms with E-state index in [2.05, 4.69) is 14.9 Å². The van der Waals surface area contributed by atoms with Gasteiger partial charge in [0.25, 0.3) is 0 Å². The van der Waals surface area contributed by atoms with E-state index in [4.69, 9.17) is 0 Å². The summed E-state index contributed by atoms with van der Waals surface area (Å²) in [5.41, 5.74) is 0. The Labute approximate surface area is 70.0 Å². The van der Waals surface area contributed by atoms with E-state index in [-0.39, 0.29) is 0 Å². The van der Waals surface area contributed by atoms with Gasteiger partial charge in [-0.15, -0.1) is 5.10 Å². The molecular formula is C7H11N3S. The highest BCUT2D eigenvalue weighted by atomic mass is 32.1. The van der Waals surface area contributed by atoms with Crippen LogP contribution >= 0.6 is 11.5 Å². The summed E-state index contributed by atoms with van der Waals surface area (Å²) in [4.78, 5) is 0. The van der Waals surface area contributed by atoms with Gasteiger partial charge in [0.1, 0.15) is 5.00 Å². The van der Waals surface area contributed by atoms with Gasteiger partial charge in [0.05, 0.1) is 6.20 Å². The number of rotatable bonds is 2. The van der Waals surface area contributed by atoms with Crippen molar-refractivity contribution in [1.29, 1.82) is 0 Å². The Morgan fingerprint density at radius 2 is 2.27 bits per heavy atom. The molecule has 0 aliphatic heterocycles. The first-order valence-electron chi connectivity index (χ1n) is 3.99. The van der Waals surface area contributed by atoms with Gasteiger partial charge in [0.15, 0.2) is 0 Å². The van der Waals surface area contributed by atoms with Crippen LogP contribution in [0.3, 0.4) is 0 Å². The molecule has 0 bridgehead atoms. The molecule has 1 aliphatic rings. The van der Waals surface area contributed by atoms with Gasteiger partial charge in [-0.05, 0) is 12.8 Å². The summed E-state index contributed by atoms with van der Waals surface area (Å²) in [6, 6.07) is 0.678. The fourth-order valence-electron chi connectivity index (χ4n) is 1.50. The van der Waals surface area contributed by atoms with Crippen molar-refractivity contribution < 1.29 is 0 Å². The number of anilines is 1. The van der Waals surface area contributed by atoms with Crippen LogP contribution in [0.1, 0.15) is 25.7 Å². The molecule has 1 aliphatic carbocycles. The first-order valence-corrected chi connectivity index (χ1v) is 4.76. The second-order valence-corrected chi connectivity index (χ2v) is 3.69. The molecule has 0 spiro atoms. The van der Waals surface area contributed by atoms with E-state index < -0.39 is 0 Å². The Hall–Kier alpha value is -0.640. The Morgan fingerprint density at radius 3 is 2.91 bits per heavy atom. The molecule has 4 heteroatoms. The molecule has 1 N–H and O–H groups in total. The highest BCUT2D eigenvalue weighted by Gasteiger charge is 2.14. The summed E-state index contributed by atoms with van der Waals surface area (Å²) >= 11 is 1.44. The second kappa shape index (κ2) is 3.17. The van der Waals surface area contributed by atoms with Crippen LogP contribution < -0.4 is 5.32 Å². The van der Waals surface area contributed by atoms with Gasteiger partial charge in [-0.25, -0.2) is 0 Å². The first-order chi connectivity index (χ1) is 5.45. The maximum atomic E-state index is 3.79. The van der Waals surface area contributed by atoms with Gasteiger partial charge >= 0.3 is 0 Å². The number of nitrogens with one attached hydrogen (secondary N) is 1. The lowest BCUT2D eigenvalue weighted by molar-refractivity contribution is 0.758. The van der Waals surface area contributed by atoms with Gasteiger partial charge < -0.3 is 5.32 Å². The summed E-state index contributed by atoms with van der Waals surface area (Å²) < 4.78 is 3.79. The quantitative estimate of drug-likeness (QED) is 0.734. The summed E-state index contributed by atoms with van der Waals surface area (Å²) in [5, 5.41) is 8.29. The molecule has 0 saturated heterocycles. The van der Waals surface area contributed by atoms with Gasteiger partial charge in [-0.2, -0.15) is 0 Å². The monoisotopic (exact) mass is 169 g/mol. The van der Waals surface area contributed by atoms with Crippen LogP contribution in [0.4, 0.5) is 5.00 Å². The number of nitrogens with zero attached hydrogens (tertiary/aromatic N) is 2. The highest BCUT2D eigenvalue weighted by molar-refractivity contribution is 7.09. The normalized spacial score (nSPS) is 18.9. The fraction of sp³-hybridized carbons (Fsp3) is 0.714. The average molecular weight is 169 g/mol. The summed E-state index contributed by atoms with van der Waals surface area (Å²) in [6.45, 7) is 0. The van der Waals surface area contributed by atoms with Crippen LogP contribution in [0.25, 0.3) is 0 Å². The minimum atomic E-state index is 0.678. The minimum Gasteiger partial charge on any atom is -0.372 e. The van der Waals surface area contributed by atoms with Crippen LogP contribution in [0.5, 0.6) is 0 Å². The predicted octanol–water partition coefficient (Wildman–Crippen LogP) is 1.89. The van der Waals surface area contributed by atoms with Crippen LogP contribution in [0.15, 0.2) is 6.20 Å². The van der Waals surface area contributed by atoms with E-state index in [1.165, 1.54) is 37.2 Å². The SMILES string of the molecule is c1nnsc1NC1CCCC1. The van der Waals surface area contributed by atoms with E-state index >= 15 is 0 Å². The molecule has 60 valence electrons. The average Bonchev–Trinajstić information content (AvgIpc) is 2.60. The molecule has 0 atom stereocenters. The fourth-order valence-corrected chi connectivity index (χ4v) is 2.00. The van der Waals surface area contributed by atoms with E-state index in [0.717, 1.165) is 5.00 Å². The zero-order valence-electron chi connectivity index (χ0n) is 6.29. The zero-order chi connectivity index (χ0) is 7.52. The molecule has 1 fully saturated rings. The van der Waals surface area contributed by atoms with Crippen LogP contribution in [0.2, 0.25) is 0 Å². The highest BCUT2D eigenvalue weighted by Crippen LogP contribution is 2.22. The molecule has 11 heavy (non-hydrogen) atoms. The van der Waals surface area contributed by atoms with Crippen molar-refractivity contribution in [3.05, 3.63) is 6.20 Å². The van der Waals surface area contributed by atoms with E-state index in [0.29, 0.717) is 6.04 Å². The molecule has 0 aromatic carbocycles. The van der Waals surface area contributed by atoms with Crippen LogP contribution in [0, 0.1) is 0 Å². The molecule has 1 saturated carbocycles. The van der Waals surface area contributed by atoms with Gasteiger partial charge in [0.2, 0.25) is 0 Å². The first kappa shape index (κ1) is 7.03. The van der Waals surface area contributed by atoms with Gasteiger partial charge in [0, 0.05) is 17.6 Å². The molecule has 3 nitrogen and oxygen atoms in total. The van der Waals surface area contributed by atoms with Crippen molar-refractivity contribution in [2.24, 2.45) is 0 Å². The number of hydrogen-bond acceptors (Lipinski definition) is 4. The maximum Gasteiger partial charge on any atom is 0.130 e. The van der Waals surface area contributed by atoms with Gasteiger partial charge in [-0.1, -0.05) is 17.3 Å². The van der Waals surface area contributed by atoms with Crippen LogP contribution in [-0.4, -0.2) is 15.6 Å². The Morgan fingerprint density at radius 1 is 1.45 bits per heavy atom. The van der Waals surface area contributed by atoms with E-state index in [1.807, 2.05) is 0 Å². The Kier molecular flexibility index (Phi) is 2.03. The molecule has 2 rings (SSSR count). The van der Waals surface area contributed by atoms with Crippen molar-refractivity contribution in [3.8, 4) is 0 Å². The summed E-state index contributed by atoms with van der Waals surface area (Å²) in [6.07, 6.45) is 7.13. The molecule has 0 radical (unpaired) electrons. The third kappa shape index (κ3) is 1.68. The van der Waals surface area contributed by atoms with Crippen molar-refractivity contribution in [1.82, 2.24) is 9.59 Å². The zero-order valence-corrected chi connectivity index (χ0v) is 7.10. The molecule has 1 heterocycles. The van der Waals surface area contributed by atoms with Crippen molar-refractivity contribution >= 4 is 16.5 Å². The minimum absolute atomic E-state index is 0.678. The lowest BCUT2D eigenvalue weighted by Crippen LogP contribution is -2.13. The summed E-state index contributed by atoms with van der Waals surface area (Å²) in [5.74, 6) is 0. The topological polar surface area (TPSA) is 37.8 Å². The van der Waals surface area contributed by atoms with Crippen molar-refractivity contribution in [3.63, 3.8) is 0 Å². The van der Waals surface area contributed by atoms with Gasteiger partial charge in [-0.3, -0.25) is 0 Å². The summed E-state index contributed by atoms with van der Waals surface area (Å²) in [7, 11) is 0. The molecule has 1 aromatic rings. The standard InChI is InChI=1S/C7H11N3S/c1-2-4-6(3-1)9-7-5-8-10-11-7/h5-6,9H,1-4H2. The third-order valence-corrected chi connectivity index (χ3v) is 2.66. The lowest BCUT2D eigenvalue weighted by Gasteiger charge is -2.08. The molecule has 0 unspecified atom stereocenters. The second-order valence-electron chi connectivity index (χ2n) is 2.91. The predicted molar refractivity (Wildman–Crippen MR) is 45.8 cm³/mol. The lowest BCUT2D eigenvalue weighted by atomic mass is 10.2. The van der Waals surface area contributed by atoms with E-state index in [1.54, 1.807) is 6.20 Å². The Balaban J connectivity index is 1.90. The molecule has 1 aromatic heterocycles. The third-order valence-electron chi connectivity index (χ3n) is 2.06. The number of hydrogen-bond donors (Lipinski definition) is 1. The molecule has 0 amide bonds. The van der Waals surface area contributed by atoms with E-state index in [9.17, 15) is 0 Å². The van der Waals surface area contributed by atoms with Crippen molar-refractivity contribution in [2.75, 3.05) is 5.32 Å². The smallest absolute Gasteiger partial charge is 0.130 e. The molecular weight excluding hydrogens is 158 g/mol. The Bertz CT molecular complexity index is 203. The van der Waals surface area contributed by atoms with Crippen LogP contribution in [-0.2, 0) is 0 Å². The largest absolute Gasteiger partial charge is 0.372 e.